The van der Waals surface area contributed by atoms with Gasteiger partial charge in [0.1, 0.15) is 11.7 Å². The SMILES string of the molecule is O=C(O)C1COCC1Nc1ccc2ccccc2n1. The van der Waals surface area contributed by atoms with Crippen molar-refractivity contribution in [1.29, 1.82) is 0 Å². The van der Waals surface area contributed by atoms with Crippen molar-refractivity contribution in [1.82, 2.24) is 4.98 Å². The van der Waals surface area contributed by atoms with Crippen molar-refractivity contribution in [2.75, 3.05) is 18.5 Å². The number of fused-ring (bicyclic) bond motifs is 1. The highest BCUT2D eigenvalue weighted by Crippen LogP contribution is 2.20. The van der Waals surface area contributed by atoms with Crippen molar-refractivity contribution in [2.24, 2.45) is 5.92 Å². The molecule has 1 aliphatic rings. The van der Waals surface area contributed by atoms with Crippen LogP contribution in [-0.2, 0) is 9.53 Å². The molecule has 0 aliphatic carbocycles. The summed E-state index contributed by atoms with van der Waals surface area (Å²) in [5, 5.41) is 13.3. The van der Waals surface area contributed by atoms with E-state index >= 15 is 0 Å². The summed E-state index contributed by atoms with van der Waals surface area (Å²) in [7, 11) is 0. The third-order valence-electron chi connectivity index (χ3n) is 3.33. The minimum absolute atomic E-state index is 0.230. The molecule has 5 heteroatoms. The maximum atomic E-state index is 11.1. The molecule has 0 amide bonds. The van der Waals surface area contributed by atoms with Crippen LogP contribution in [0.1, 0.15) is 0 Å². The second-order valence-electron chi connectivity index (χ2n) is 4.62. The van der Waals surface area contributed by atoms with E-state index in [-0.39, 0.29) is 12.6 Å². The monoisotopic (exact) mass is 258 g/mol. The highest BCUT2D eigenvalue weighted by atomic mass is 16.5. The van der Waals surface area contributed by atoms with Crippen LogP contribution in [0.25, 0.3) is 10.9 Å². The summed E-state index contributed by atoms with van der Waals surface area (Å²) in [6.07, 6.45) is 0. The Morgan fingerprint density at radius 1 is 1.26 bits per heavy atom. The first kappa shape index (κ1) is 11.9. The van der Waals surface area contributed by atoms with Gasteiger partial charge in [0, 0.05) is 5.39 Å². The summed E-state index contributed by atoms with van der Waals surface area (Å²) < 4.78 is 5.22. The van der Waals surface area contributed by atoms with E-state index in [0.717, 1.165) is 10.9 Å². The number of hydrogen-bond acceptors (Lipinski definition) is 4. The Bertz CT molecular complexity index is 614. The molecule has 2 N–H and O–H groups in total. The summed E-state index contributed by atoms with van der Waals surface area (Å²) in [4.78, 5) is 15.5. The quantitative estimate of drug-likeness (QED) is 0.877. The lowest BCUT2D eigenvalue weighted by Crippen LogP contribution is -2.33. The molecule has 0 radical (unpaired) electrons. The highest BCUT2D eigenvalue weighted by molar-refractivity contribution is 5.80. The summed E-state index contributed by atoms with van der Waals surface area (Å²) >= 11 is 0. The Morgan fingerprint density at radius 3 is 2.95 bits per heavy atom. The lowest BCUT2D eigenvalue weighted by molar-refractivity contribution is -0.141. The van der Waals surface area contributed by atoms with Crippen molar-refractivity contribution in [3.8, 4) is 0 Å². The Balaban J connectivity index is 1.83. The zero-order chi connectivity index (χ0) is 13.2. The van der Waals surface area contributed by atoms with Crippen LogP contribution in [-0.4, -0.2) is 35.3 Å². The van der Waals surface area contributed by atoms with Gasteiger partial charge in [0.2, 0.25) is 0 Å². The maximum Gasteiger partial charge on any atom is 0.311 e. The third-order valence-corrected chi connectivity index (χ3v) is 3.33. The summed E-state index contributed by atoms with van der Waals surface area (Å²) in [5.74, 6) is -0.676. The van der Waals surface area contributed by atoms with Gasteiger partial charge < -0.3 is 15.2 Å². The Labute approximate surface area is 110 Å². The molecule has 2 aromatic rings. The summed E-state index contributed by atoms with van der Waals surface area (Å²) in [6, 6.07) is 11.4. The van der Waals surface area contributed by atoms with Gasteiger partial charge in [0.15, 0.2) is 0 Å². The van der Waals surface area contributed by atoms with Crippen LogP contribution in [0.2, 0.25) is 0 Å². The van der Waals surface area contributed by atoms with Crippen LogP contribution in [0.4, 0.5) is 5.82 Å². The number of pyridine rings is 1. The first-order valence-corrected chi connectivity index (χ1v) is 6.17. The van der Waals surface area contributed by atoms with E-state index in [1.54, 1.807) is 0 Å². The van der Waals surface area contributed by atoms with E-state index < -0.39 is 11.9 Å². The summed E-state index contributed by atoms with van der Waals surface area (Å²) in [5.41, 5.74) is 0.887. The Kier molecular flexibility index (Phi) is 3.05. The van der Waals surface area contributed by atoms with Crippen molar-refractivity contribution >= 4 is 22.7 Å². The number of para-hydroxylation sites is 1. The third kappa shape index (κ3) is 2.37. The van der Waals surface area contributed by atoms with Gasteiger partial charge in [0.25, 0.3) is 0 Å². The molecule has 1 fully saturated rings. The number of hydrogen-bond donors (Lipinski definition) is 2. The number of nitrogens with one attached hydrogen (secondary N) is 1. The highest BCUT2D eigenvalue weighted by Gasteiger charge is 2.34. The average molecular weight is 258 g/mol. The molecular formula is C14H14N2O3. The van der Waals surface area contributed by atoms with E-state index in [2.05, 4.69) is 10.3 Å². The molecule has 1 aromatic carbocycles. The van der Waals surface area contributed by atoms with E-state index in [1.165, 1.54) is 0 Å². The van der Waals surface area contributed by atoms with Gasteiger partial charge in [0.05, 0.1) is 24.8 Å². The minimum atomic E-state index is -0.837. The van der Waals surface area contributed by atoms with Crippen molar-refractivity contribution in [3.63, 3.8) is 0 Å². The van der Waals surface area contributed by atoms with E-state index in [9.17, 15) is 4.79 Å². The number of rotatable bonds is 3. The number of carbonyl (C=O) groups is 1. The second kappa shape index (κ2) is 4.85. The standard InChI is InChI=1S/C14H14N2O3/c17-14(18)10-7-19-8-12(10)16-13-6-5-9-3-1-2-4-11(9)15-13/h1-6,10,12H,7-8H2,(H,15,16)(H,17,18). The van der Waals surface area contributed by atoms with Crippen LogP contribution in [0.15, 0.2) is 36.4 Å². The number of carboxylic acids is 1. The molecule has 19 heavy (non-hydrogen) atoms. The topological polar surface area (TPSA) is 71.5 Å². The lowest BCUT2D eigenvalue weighted by atomic mass is 10.0. The largest absolute Gasteiger partial charge is 0.481 e. The molecule has 2 unspecified atom stereocenters. The normalized spacial score (nSPS) is 22.5. The van der Waals surface area contributed by atoms with Crippen LogP contribution in [0.5, 0.6) is 0 Å². The van der Waals surface area contributed by atoms with Crippen molar-refractivity contribution in [2.45, 2.75) is 6.04 Å². The van der Waals surface area contributed by atoms with E-state index in [4.69, 9.17) is 9.84 Å². The average Bonchev–Trinajstić information content (AvgIpc) is 2.87. The number of nitrogens with zero attached hydrogens (tertiary/aromatic N) is 1. The van der Waals surface area contributed by atoms with Gasteiger partial charge in [-0.15, -0.1) is 0 Å². The van der Waals surface area contributed by atoms with Gasteiger partial charge in [-0.1, -0.05) is 18.2 Å². The molecule has 0 spiro atoms. The summed E-state index contributed by atoms with van der Waals surface area (Å²) in [6.45, 7) is 0.645. The predicted molar refractivity (Wildman–Crippen MR) is 71.1 cm³/mol. The molecule has 1 aliphatic heterocycles. The second-order valence-corrected chi connectivity index (χ2v) is 4.62. The van der Waals surface area contributed by atoms with Gasteiger partial charge in [-0.2, -0.15) is 0 Å². The zero-order valence-electron chi connectivity index (χ0n) is 10.2. The first-order chi connectivity index (χ1) is 9.24. The number of aromatic nitrogens is 1. The van der Waals surface area contributed by atoms with Crippen molar-refractivity contribution in [3.05, 3.63) is 36.4 Å². The number of benzene rings is 1. The molecule has 98 valence electrons. The molecule has 5 nitrogen and oxygen atoms in total. The first-order valence-electron chi connectivity index (χ1n) is 6.17. The lowest BCUT2D eigenvalue weighted by Gasteiger charge is -2.16. The molecule has 0 saturated carbocycles. The van der Waals surface area contributed by atoms with Gasteiger partial charge in [-0.3, -0.25) is 4.79 Å². The van der Waals surface area contributed by atoms with Gasteiger partial charge in [-0.05, 0) is 18.2 Å². The van der Waals surface area contributed by atoms with Gasteiger partial charge >= 0.3 is 5.97 Å². The molecule has 0 bridgehead atoms. The molecule has 3 rings (SSSR count). The maximum absolute atomic E-state index is 11.1. The molecule has 1 saturated heterocycles. The number of anilines is 1. The molecule has 2 atom stereocenters. The minimum Gasteiger partial charge on any atom is -0.481 e. The fourth-order valence-corrected chi connectivity index (χ4v) is 2.28. The molecular weight excluding hydrogens is 244 g/mol. The fourth-order valence-electron chi connectivity index (χ4n) is 2.28. The van der Waals surface area contributed by atoms with E-state index in [1.807, 2.05) is 36.4 Å². The number of aliphatic carboxylic acids is 1. The van der Waals surface area contributed by atoms with Crippen LogP contribution in [0.3, 0.4) is 0 Å². The fraction of sp³-hybridized carbons (Fsp3) is 0.286. The van der Waals surface area contributed by atoms with Crippen LogP contribution < -0.4 is 5.32 Å². The molecule has 2 heterocycles. The number of carboxylic acid groups (broad SMARTS) is 1. The molecule has 1 aromatic heterocycles. The predicted octanol–water partition coefficient (Wildman–Crippen LogP) is 1.75. The van der Waals surface area contributed by atoms with E-state index in [0.29, 0.717) is 12.4 Å². The zero-order valence-corrected chi connectivity index (χ0v) is 10.2. The smallest absolute Gasteiger partial charge is 0.311 e. The van der Waals surface area contributed by atoms with Gasteiger partial charge in [-0.25, -0.2) is 4.98 Å². The Hall–Kier alpha value is -2.14. The Morgan fingerprint density at radius 2 is 2.11 bits per heavy atom. The van der Waals surface area contributed by atoms with Crippen LogP contribution >= 0.6 is 0 Å². The van der Waals surface area contributed by atoms with Crippen LogP contribution in [0, 0.1) is 5.92 Å². The number of ether oxygens (including phenoxy) is 1. The van der Waals surface area contributed by atoms with Crippen molar-refractivity contribution < 1.29 is 14.6 Å².